The van der Waals surface area contributed by atoms with Gasteiger partial charge in [0, 0.05) is 63.8 Å². The minimum Gasteiger partial charge on any atom is -0.490 e. The first kappa shape index (κ1) is 21.7. The van der Waals surface area contributed by atoms with E-state index in [2.05, 4.69) is 54.3 Å². The minimum atomic E-state index is -0.229. The average Bonchev–Trinajstić information content (AvgIpc) is 3.39. The van der Waals surface area contributed by atoms with Crippen molar-refractivity contribution in [3.8, 4) is 16.9 Å². The summed E-state index contributed by atoms with van der Waals surface area (Å²) in [5.74, 6) is 1.02. The third-order valence-electron chi connectivity index (χ3n) is 6.62. The molecule has 5 rings (SSSR count). The van der Waals surface area contributed by atoms with E-state index in [4.69, 9.17) is 9.47 Å². The molecule has 1 atom stereocenters. The van der Waals surface area contributed by atoms with Crippen LogP contribution in [0.25, 0.3) is 22.0 Å². The van der Waals surface area contributed by atoms with Gasteiger partial charge in [0.15, 0.2) is 0 Å². The molecule has 2 aromatic carbocycles. The number of anilines is 1. The molecular weight excluding hydrogens is 414 g/mol. The fourth-order valence-corrected chi connectivity index (χ4v) is 4.89. The van der Waals surface area contributed by atoms with Crippen molar-refractivity contribution in [3.63, 3.8) is 0 Å². The second kappa shape index (κ2) is 9.40. The first-order valence-electron chi connectivity index (χ1n) is 11.8. The van der Waals surface area contributed by atoms with Crippen LogP contribution in [0.15, 0.2) is 54.7 Å². The van der Waals surface area contributed by atoms with Crippen molar-refractivity contribution in [2.45, 2.75) is 37.9 Å². The number of benzene rings is 2. The summed E-state index contributed by atoms with van der Waals surface area (Å²) in [6, 6.07) is 16.7. The van der Waals surface area contributed by atoms with Gasteiger partial charge in [-0.05, 0) is 36.6 Å². The van der Waals surface area contributed by atoms with Gasteiger partial charge in [-0.25, -0.2) is 0 Å². The molecular formula is C27H31N3O3. The molecule has 6 heteroatoms. The van der Waals surface area contributed by atoms with E-state index in [0.29, 0.717) is 6.61 Å². The van der Waals surface area contributed by atoms with Crippen LogP contribution in [-0.4, -0.2) is 61.8 Å². The van der Waals surface area contributed by atoms with Crippen LogP contribution in [-0.2, 0) is 9.53 Å². The van der Waals surface area contributed by atoms with Crippen molar-refractivity contribution in [1.82, 2.24) is 9.88 Å². The lowest BCUT2D eigenvalue weighted by molar-refractivity contribution is -0.142. The summed E-state index contributed by atoms with van der Waals surface area (Å²) in [7, 11) is 4.11. The summed E-state index contributed by atoms with van der Waals surface area (Å²) >= 11 is 0. The minimum absolute atomic E-state index is 0.131. The van der Waals surface area contributed by atoms with E-state index in [1.54, 1.807) is 0 Å². The zero-order valence-corrected chi connectivity index (χ0v) is 19.4. The molecule has 3 heterocycles. The van der Waals surface area contributed by atoms with Gasteiger partial charge in [0.1, 0.15) is 18.0 Å². The Morgan fingerprint density at radius 1 is 1.06 bits per heavy atom. The van der Waals surface area contributed by atoms with Crippen LogP contribution in [0.4, 0.5) is 5.69 Å². The summed E-state index contributed by atoms with van der Waals surface area (Å²) in [5, 5.41) is 1.13. The maximum absolute atomic E-state index is 12.5. The Balaban J connectivity index is 1.25. The summed E-state index contributed by atoms with van der Waals surface area (Å²) in [4.78, 5) is 21.2. The maximum Gasteiger partial charge on any atom is 0.251 e. The Kier molecular flexibility index (Phi) is 6.18. The molecule has 2 aliphatic rings. The highest BCUT2D eigenvalue weighted by Crippen LogP contribution is 2.36. The summed E-state index contributed by atoms with van der Waals surface area (Å²) in [6.07, 6.45) is 5.28. The standard InChI is InChI=1S/C27H31N3O3/c1-29(2)26-23(12-9-20-5-3-15-28-25(20)26)19-7-10-21(11-8-19)33-22-13-16-30(17-14-22)27(31)24-6-4-18-32-24/h3,5,7-12,15,22,24H,4,6,13-14,16-18H2,1-2H3/t24-/m1/s1. The number of nitrogens with zero attached hydrogens (tertiary/aromatic N) is 3. The van der Waals surface area contributed by atoms with E-state index in [1.807, 2.05) is 29.3 Å². The Hall–Kier alpha value is -3.12. The number of ether oxygens (including phenoxy) is 2. The molecule has 0 aliphatic carbocycles. The van der Waals surface area contributed by atoms with Gasteiger partial charge in [0.2, 0.25) is 0 Å². The van der Waals surface area contributed by atoms with E-state index in [0.717, 1.165) is 72.2 Å². The molecule has 6 nitrogen and oxygen atoms in total. The Morgan fingerprint density at radius 3 is 2.55 bits per heavy atom. The van der Waals surface area contributed by atoms with Crippen LogP contribution >= 0.6 is 0 Å². The maximum atomic E-state index is 12.5. The van der Waals surface area contributed by atoms with E-state index < -0.39 is 0 Å². The van der Waals surface area contributed by atoms with E-state index in [1.165, 1.54) is 0 Å². The molecule has 0 radical (unpaired) electrons. The molecule has 2 aliphatic heterocycles. The summed E-state index contributed by atoms with van der Waals surface area (Å²) in [5.41, 5.74) is 4.41. The first-order chi connectivity index (χ1) is 16.1. The van der Waals surface area contributed by atoms with E-state index in [-0.39, 0.29) is 18.1 Å². The lowest BCUT2D eigenvalue weighted by Gasteiger charge is -2.33. The number of piperidine rings is 1. The highest BCUT2D eigenvalue weighted by molar-refractivity contribution is 5.99. The van der Waals surface area contributed by atoms with E-state index >= 15 is 0 Å². The second-order valence-corrected chi connectivity index (χ2v) is 9.10. The largest absolute Gasteiger partial charge is 0.490 e. The van der Waals surface area contributed by atoms with Gasteiger partial charge in [-0.1, -0.05) is 30.3 Å². The first-order valence-corrected chi connectivity index (χ1v) is 11.8. The van der Waals surface area contributed by atoms with Crippen molar-refractivity contribution < 1.29 is 14.3 Å². The van der Waals surface area contributed by atoms with Gasteiger partial charge in [0.05, 0.1) is 11.2 Å². The van der Waals surface area contributed by atoms with Crippen molar-refractivity contribution in [3.05, 3.63) is 54.7 Å². The SMILES string of the molecule is CN(C)c1c(-c2ccc(OC3CCN(C(=O)[C@H]4CCCO4)CC3)cc2)ccc2cccnc12. The number of likely N-dealkylation sites (tertiary alicyclic amines) is 1. The van der Waals surface area contributed by atoms with Gasteiger partial charge in [-0.15, -0.1) is 0 Å². The number of aromatic nitrogens is 1. The van der Waals surface area contributed by atoms with E-state index in [9.17, 15) is 4.79 Å². The van der Waals surface area contributed by atoms with Crippen LogP contribution in [0.1, 0.15) is 25.7 Å². The lowest BCUT2D eigenvalue weighted by atomic mass is 10.00. The topological polar surface area (TPSA) is 54.9 Å². The third-order valence-corrected chi connectivity index (χ3v) is 6.62. The van der Waals surface area contributed by atoms with Gasteiger partial charge in [0.25, 0.3) is 5.91 Å². The fraction of sp³-hybridized carbons (Fsp3) is 0.407. The molecule has 1 aromatic heterocycles. The van der Waals surface area contributed by atoms with Crippen molar-refractivity contribution in [1.29, 1.82) is 0 Å². The quantitative estimate of drug-likeness (QED) is 0.578. The summed E-state index contributed by atoms with van der Waals surface area (Å²) in [6.45, 7) is 2.17. The molecule has 1 amide bonds. The molecule has 33 heavy (non-hydrogen) atoms. The number of rotatable bonds is 5. The molecule has 2 saturated heterocycles. The highest BCUT2D eigenvalue weighted by Gasteiger charge is 2.31. The number of amides is 1. The molecule has 172 valence electrons. The average molecular weight is 446 g/mol. The lowest BCUT2D eigenvalue weighted by Crippen LogP contribution is -2.45. The molecule has 0 spiro atoms. The highest BCUT2D eigenvalue weighted by atomic mass is 16.5. The van der Waals surface area contributed by atoms with Gasteiger partial charge < -0.3 is 19.3 Å². The predicted octanol–water partition coefficient (Wildman–Crippen LogP) is 4.52. The molecule has 2 fully saturated rings. The van der Waals surface area contributed by atoms with Crippen LogP contribution in [0.5, 0.6) is 5.75 Å². The molecule has 0 saturated carbocycles. The Morgan fingerprint density at radius 2 is 1.85 bits per heavy atom. The molecule has 0 N–H and O–H groups in total. The van der Waals surface area contributed by atoms with Crippen molar-refractivity contribution in [2.75, 3.05) is 38.7 Å². The van der Waals surface area contributed by atoms with Crippen molar-refractivity contribution in [2.24, 2.45) is 0 Å². The number of carbonyl (C=O) groups excluding carboxylic acids is 1. The zero-order chi connectivity index (χ0) is 22.8. The summed E-state index contributed by atoms with van der Waals surface area (Å²) < 4.78 is 11.8. The Labute approximate surface area is 195 Å². The van der Waals surface area contributed by atoms with Gasteiger partial charge >= 0.3 is 0 Å². The van der Waals surface area contributed by atoms with Crippen LogP contribution in [0, 0.1) is 0 Å². The van der Waals surface area contributed by atoms with Crippen LogP contribution in [0.3, 0.4) is 0 Å². The number of fused-ring (bicyclic) bond motifs is 1. The third kappa shape index (κ3) is 4.53. The predicted molar refractivity (Wildman–Crippen MR) is 131 cm³/mol. The molecule has 0 bridgehead atoms. The normalized spacial score (nSPS) is 19.1. The molecule has 3 aromatic rings. The van der Waals surface area contributed by atoms with Crippen molar-refractivity contribution >= 4 is 22.5 Å². The fourth-order valence-electron chi connectivity index (χ4n) is 4.89. The number of pyridine rings is 1. The Bertz CT molecular complexity index is 1120. The second-order valence-electron chi connectivity index (χ2n) is 9.10. The van der Waals surface area contributed by atoms with Gasteiger partial charge in [-0.2, -0.15) is 0 Å². The number of hydrogen-bond donors (Lipinski definition) is 0. The van der Waals surface area contributed by atoms with Crippen LogP contribution in [0.2, 0.25) is 0 Å². The smallest absolute Gasteiger partial charge is 0.251 e. The van der Waals surface area contributed by atoms with Gasteiger partial charge in [-0.3, -0.25) is 9.78 Å². The number of carbonyl (C=O) groups is 1. The van der Waals surface area contributed by atoms with Crippen LogP contribution < -0.4 is 9.64 Å². The monoisotopic (exact) mass is 445 g/mol. The molecule has 0 unspecified atom stereocenters. The number of hydrogen-bond acceptors (Lipinski definition) is 5. The zero-order valence-electron chi connectivity index (χ0n) is 19.4.